The lowest BCUT2D eigenvalue weighted by Crippen LogP contribution is -1.83. The summed E-state index contributed by atoms with van der Waals surface area (Å²) in [5.74, 6) is 0.643. The molecule has 4 nitrogen and oxygen atoms in total. The molecule has 0 saturated carbocycles. The molecule has 0 aliphatic carbocycles. The molecule has 0 radical (unpaired) electrons. The van der Waals surface area contributed by atoms with Crippen LogP contribution < -0.4 is 0 Å². The molecular weight excluding hydrogens is 204 g/mol. The molecule has 1 aromatic carbocycles. The lowest BCUT2D eigenvalue weighted by Gasteiger charge is -1.94. The molecule has 4 heteroatoms. The summed E-state index contributed by atoms with van der Waals surface area (Å²) in [6, 6.07) is 9.14. The molecule has 0 amide bonds. The zero-order chi connectivity index (χ0) is 11.5. The lowest BCUT2D eigenvalue weighted by molar-refractivity contribution is 0.166. The summed E-state index contributed by atoms with van der Waals surface area (Å²) in [4.78, 5) is 0. The fraction of sp³-hybridized carbons (Fsp3) is 0.167. The number of benzene rings is 1. The molecule has 2 rings (SSSR count). The molecule has 0 aliphatic heterocycles. The second kappa shape index (κ2) is 4.06. The zero-order valence-electron chi connectivity index (χ0n) is 8.65. The Balaban J connectivity index is 2.69. The maximum Gasteiger partial charge on any atom is 0.153 e. The highest BCUT2D eigenvalue weighted by atomic mass is 16.5. The van der Waals surface area contributed by atoms with Crippen molar-refractivity contribution in [3.8, 4) is 12.1 Å². The maximum atomic E-state index is 8.99. The molecule has 0 aliphatic rings. The molecule has 0 fully saturated rings. The van der Waals surface area contributed by atoms with Crippen LogP contribution in [0.15, 0.2) is 22.6 Å². The molecule has 0 unspecified atom stereocenters. The van der Waals surface area contributed by atoms with Gasteiger partial charge in [-0.25, -0.2) is 0 Å². The van der Waals surface area contributed by atoms with Gasteiger partial charge in [0, 0.05) is 12.5 Å². The summed E-state index contributed by atoms with van der Waals surface area (Å²) in [6.45, 7) is 0.349. The van der Waals surface area contributed by atoms with Crippen LogP contribution in [0.4, 0.5) is 0 Å². The Morgan fingerprint density at radius 2 is 2.12 bits per heavy atom. The predicted molar refractivity (Wildman–Crippen MR) is 56.4 cm³/mol. The number of rotatable bonds is 2. The van der Waals surface area contributed by atoms with E-state index in [1.54, 1.807) is 25.3 Å². The van der Waals surface area contributed by atoms with Gasteiger partial charge in [-0.15, -0.1) is 0 Å². The number of furan rings is 1. The summed E-state index contributed by atoms with van der Waals surface area (Å²) in [6.07, 6.45) is 0. The van der Waals surface area contributed by atoms with Crippen molar-refractivity contribution in [2.75, 3.05) is 7.11 Å². The summed E-state index contributed by atoms with van der Waals surface area (Å²) < 4.78 is 10.4. The first kappa shape index (κ1) is 10.2. The van der Waals surface area contributed by atoms with Gasteiger partial charge in [-0.2, -0.15) is 10.5 Å². The largest absolute Gasteiger partial charge is 0.457 e. The summed E-state index contributed by atoms with van der Waals surface area (Å²) in [5, 5.41) is 18.7. The van der Waals surface area contributed by atoms with Gasteiger partial charge < -0.3 is 9.15 Å². The average Bonchev–Trinajstić information content (AvgIpc) is 2.70. The van der Waals surface area contributed by atoms with Crippen LogP contribution in [0.5, 0.6) is 0 Å². The van der Waals surface area contributed by atoms with Crippen molar-refractivity contribution in [2.24, 2.45) is 0 Å². The fourth-order valence-corrected chi connectivity index (χ4v) is 1.57. The number of hydrogen-bond donors (Lipinski definition) is 0. The van der Waals surface area contributed by atoms with E-state index in [0.717, 1.165) is 5.39 Å². The SMILES string of the molecule is COCc1cc2ccc(C#N)c(C#N)c2o1. The molecule has 0 saturated heterocycles. The summed E-state index contributed by atoms with van der Waals surface area (Å²) in [5.41, 5.74) is 1.06. The second-order valence-electron chi connectivity index (χ2n) is 3.28. The van der Waals surface area contributed by atoms with Gasteiger partial charge in [-0.3, -0.25) is 0 Å². The maximum absolute atomic E-state index is 8.99. The Morgan fingerprint density at radius 3 is 2.75 bits per heavy atom. The van der Waals surface area contributed by atoms with Crippen LogP contribution in [0, 0.1) is 22.7 Å². The fourth-order valence-electron chi connectivity index (χ4n) is 1.57. The van der Waals surface area contributed by atoms with E-state index >= 15 is 0 Å². The number of nitriles is 2. The molecule has 1 heterocycles. The van der Waals surface area contributed by atoms with E-state index in [0.29, 0.717) is 23.5 Å². The minimum absolute atomic E-state index is 0.280. The normalized spacial score (nSPS) is 9.94. The van der Waals surface area contributed by atoms with E-state index in [1.165, 1.54) is 0 Å². The molecule has 16 heavy (non-hydrogen) atoms. The third-order valence-corrected chi connectivity index (χ3v) is 2.26. The highest BCUT2D eigenvalue weighted by Crippen LogP contribution is 2.25. The van der Waals surface area contributed by atoms with Gasteiger partial charge in [0.05, 0.1) is 5.56 Å². The van der Waals surface area contributed by atoms with Gasteiger partial charge in [0.2, 0.25) is 0 Å². The van der Waals surface area contributed by atoms with Gasteiger partial charge in [0.1, 0.15) is 30.1 Å². The molecule has 0 spiro atoms. The molecule has 1 aromatic heterocycles. The Kier molecular flexibility index (Phi) is 2.59. The molecule has 78 valence electrons. The number of methoxy groups -OCH3 is 1. The van der Waals surface area contributed by atoms with Gasteiger partial charge in [0.25, 0.3) is 0 Å². The van der Waals surface area contributed by atoms with Crippen LogP contribution in [-0.4, -0.2) is 7.11 Å². The molecular formula is C12H8N2O2. The Hall–Kier alpha value is -2.30. The van der Waals surface area contributed by atoms with Crippen LogP contribution in [0.1, 0.15) is 16.9 Å². The monoisotopic (exact) mass is 212 g/mol. The van der Waals surface area contributed by atoms with E-state index in [-0.39, 0.29) is 5.56 Å². The van der Waals surface area contributed by atoms with Crippen LogP contribution in [0.25, 0.3) is 11.0 Å². The number of nitrogens with zero attached hydrogens (tertiary/aromatic N) is 2. The van der Waals surface area contributed by atoms with Crippen molar-refractivity contribution in [2.45, 2.75) is 6.61 Å². The highest BCUT2D eigenvalue weighted by Gasteiger charge is 2.12. The van der Waals surface area contributed by atoms with Crippen LogP contribution >= 0.6 is 0 Å². The van der Waals surface area contributed by atoms with Crippen molar-refractivity contribution in [3.05, 3.63) is 35.1 Å². The van der Waals surface area contributed by atoms with Crippen LogP contribution in [-0.2, 0) is 11.3 Å². The lowest BCUT2D eigenvalue weighted by atomic mass is 10.1. The standard InChI is InChI=1S/C12H8N2O2/c1-15-7-10-4-8-2-3-9(5-13)11(6-14)12(8)16-10/h2-4H,7H2,1H3. The van der Waals surface area contributed by atoms with Gasteiger partial charge in [0.15, 0.2) is 5.58 Å². The van der Waals surface area contributed by atoms with Gasteiger partial charge >= 0.3 is 0 Å². The third-order valence-electron chi connectivity index (χ3n) is 2.26. The van der Waals surface area contributed by atoms with Crippen molar-refractivity contribution in [1.29, 1.82) is 10.5 Å². The van der Waals surface area contributed by atoms with Crippen LogP contribution in [0.2, 0.25) is 0 Å². The van der Waals surface area contributed by atoms with E-state index in [2.05, 4.69) is 0 Å². The molecule has 0 atom stereocenters. The topological polar surface area (TPSA) is 69.9 Å². The minimum atomic E-state index is 0.280. The van der Waals surface area contributed by atoms with E-state index in [9.17, 15) is 0 Å². The van der Waals surface area contributed by atoms with Crippen LogP contribution in [0.3, 0.4) is 0 Å². The molecule has 0 bridgehead atoms. The Labute approximate surface area is 92.3 Å². The van der Waals surface area contributed by atoms with Gasteiger partial charge in [-0.05, 0) is 18.2 Å². The minimum Gasteiger partial charge on any atom is -0.457 e. The summed E-state index contributed by atoms with van der Waals surface area (Å²) in [7, 11) is 1.57. The number of ether oxygens (including phenoxy) is 1. The quantitative estimate of drug-likeness (QED) is 0.765. The van der Waals surface area contributed by atoms with E-state index in [4.69, 9.17) is 19.7 Å². The first-order valence-corrected chi connectivity index (χ1v) is 4.64. The van der Waals surface area contributed by atoms with Crippen molar-refractivity contribution in [3.63, 3.8) is 0 Å². The zero-order valence-corrected chi connectivity index (χ0v) is 8.65. The molecule has 2 aromatic rings. The van der Waals surface area contributed by atoms with Crippen molar-refractivity contribution >= 4 is 11.0 Å². The predicted octanol–water partition coefficient (Wildman–Crippen LogP) is 2.32. The molecule has 0 N–H and O–H groups in total. The smallest absolute Gasteiger partial charge is 0.153 e. The third kappa shape index (κ3) is 1.52. The second-order valence-corrected chi connectivity index (χ2v) is 3.28. The van der Waals surface area contributed by atoms with Gasteiger partial charge in [-0.1, -0.05) is 0 Å². The van der Waals surface area contributed by atoms with E-state index < -0.39 is 0 Å². The Bertz CT molecular complexity index is 614. The van der Waals surface area contributed by atoms with Crippen molar-refractivity contribution in [1.82, 2.24) is 0 Å². The first-order valence-electron chi connectivity index (χ1n) is 4.64. The number of hydrogen-bond acceptors (Lipinski definition) is 4. The average molecular weight is 212 g/mol. The summed E-state index contributed by atoms with van der Waals surface area (Å²) >= 11 is 0. The van der Waals surface area contributed by atoms with E-state index in [1.807, 2.05) is 12.1 Å². The van der Waals surface area contributed by atoms with Crippen molar-refractivity contribution < 1.29 is 9.15 Å². The highest BCUT2D eigenvalue weighted by molar-refractivity contribution is 5.85. The first-order chi connectivity index (χ1) is 7.80. The number of fused-ring (bicyclic) bond motifs is 1. The Morgan fingerprint density at radius 1 is 1.31 bits per heavy atom.